The number of halogens is 3. The zero-order valence-electron chi connectivity index (χ0n) is 15.2. The standard InChI is InChI=1S/C17H22BF3N2O3/c1-15(2)16(3,4)26-18(25-15)11-7-10(17(19,20)21)8-13(9-11)23-14(24)22-12-5-6-12/h7-9,12H,5-6H2,1-4H3,(H2,22,23,24). The Morgan fingerprint density at radius 1 is 1.12 bits per heavy atom. The highest BCUT2D eigenvalue weighted by molar-refractivity contribution is 6.62. The molecule has 1 aliphatic heterocycles. The molecule has 26 heavy (non-hydrogen) atoms. The molecule has 1 saturated heterocycles. The molecule has 3 rings (SSSR count). The van der Waals surface area contributed by atoms with Crippen molar-refractivity contribution in [1.82, 2.24) is 5.32 Å². The quantitative estimate of drug-likeness (QED) is 0.803. The first-order valence-corrected chi connectivity index (χ1v) is 8.53. The van der Waals surface area contributed by atoms with Crippen LogP contribution in [0.25, 0.3) is 0 Å². The first kappa shape index (κ1) is 19.0. The summed E-state index contributed by atoms with van der Waals surface area (Å²) in [6, 6.07) is 2.92. The molecule has 5 nitrogen and oxygen atoms in total. The number of anilines is 1. The molecular formula is C17H22BF3N2O3. The lowest BCUT2D eigenvalue weighted by molar-refractivity contribution is -0.137. The Morgan fingerprint density at radius 2 is 1.69 bits per heavy atom. The molecule has 2 N–H and O–H groups in total. The largest absolute Gasteiger partial charge is 0.494 e. The highest BCUT2D eigenvalue weighted by atomic mass is 19.4. The fourth-order valence-corrected chi connectivity index (χ4v) is 2.58. The zero-order chi connectivity index (χ0) is 19.3. The van der Waals surface area contributed by atoms with Gasteiger partial charge in [0.25, 0.3) is 0 Å². The van der Waals surface area contributed by atoms with E-state index >= 15 is 0 Å². The van der Waals surface area contributed by atoms with E-state index in [0.717, 1.165) is 25.0 Å². The predicted molar refractivity (Wildman–Crippen MR) is 92.3 cm³/mol. The average Bonchev–Trinajstić information content (AvgIpc) is 3.24. The second-order valence-electron chi connectivity index (χ2n) is 7.80. The summed E-state index contributed by atoms with van der Waals surface area (Å²) in [7, 11) is -0.950. The summed E-state index contributed by atoms with van der Waals surface area (Å²) in [6.45, 7) is 7.29. The third-order valence-corrected chi connectivity index (χ3v) is 4.98. The van der Waals surface area contributed by atoms with Crippen molar-refractivity contribution in [3.8, 4) is 0 Å². The van der Waals surface area contributed by atoms with E-state index in [1.807, 2.05) is 27.7 Å². The van der Waals surface area contributed by atoms with Crippen molar-refractivity contribution in [2.75, 3.05) is 5.32 Å². The molecule has 0 spiro atoms. The van der Waals surface area contributed by atoms with E-state index in [2.05, 4.69) is 10.6 Å². The third kappa shape index (κ3) is 3.98. The Labute approximate surface area is 150 Å². The van der Waals surface area contributed by atoms with Crippen LogP contribution in [0.5, 0.6) is 0 Å². The molecule has 0 atom stereocenters. The van der Waals surface area contributed by atoms with Gasteiger partial charge in [-0.05, 0) is 58.1 Å². The van der Waals surface area contributed by atoms with E-state index in [1.54, 1.807) is 0 Å². The van der Waals surface area contributed by atoms with Crippen molar-refractivity contribution >= 4 is 24.3 Å². The first-order valence-electron chi connectivity index (χ1n) is 8.53. The monoisotopic (exact) mass is 370 g/mol. The van der Waals surface area contributed by atoms with Crippen LogP contribution in [0.1, 0.15) is 46.1 Å². The summed E-state index contributed by atoms with van der Waals surface area (Å²) in [5.41, 5.74) is -1.97. The Morgan fingerprint density at radius 3 is 2.19 bits per heavy atom. The molecule has 1 aliphatic carbocycles. The number of benzene rings is 1. The van der Waals surface area contributed by atoms with E-state index in [-0.39, 0.29) is 17.2 Å². The van der Waals surface area contributed by atoms with Crippen molar-refractivity contribution in [3.63, 3.8) is 0 Å². The summed E-state index contributed by atoms with van der Waals surface area (Å²) >= 11 is 0. The van der Waals surface area contributed by atoms with Gasteiger partial charge in [-0.25, -0.2) is 4.79 Å². The Hall–Kier alpha value is -1.74. The van der Waals surface area contributed by atoms with Crippen LogP contribution in [0.4, 0.5) is 23.7 Å². The fraction of sp³-hybridized carbons (Fsp3) is 0.588. The minimum absolute atomic E-state index is 0.0442. The van der Waals surface area contributed by atoms with Crippen LogP contribution >= 0.6 is 0 Å². The Kier molecular flexibility index (Phi) is 4.51. The van der Waals surface area contributed by atoms with Crippen molar-refractivity contribution in [2.45, 2.75) is 64.0 Å². The summed E-state index contributed by atoms with van der Waals surface area (Å²) in [6.07, 6.45) is -2.78. The van der Waals surface area contributed by atoms with Crippen LogP contribution in [-0.2, 0) is 15.5 Å². The maximum Gasteiger partial charge on any atom is 0.494 e. The van der Waals surface area contributed by atoms with Gasteiger partial charge in [0.05, 0.1) is 16.8 Å². The van der Waals surface area contributed by atoms with E-state index < -0.39 is 36.1 Å². The van der Waals surface area contributed by atoms with Crippen LogP contribution in [-0.4, -0.2) is 30.4 Å². The van der Waals surface area contributed by atoms with Gasteiger partial charge < -0.3 is 19.9 Å². The summed E-state index contributed by atoms with van der Waals surface area (Å²) in [5, 5.41) is 5.15. The Balaban J connectivity index is 1.89. The first-order chi connectivity index (χ1) is 11.9. The molecule has 0 aromatic heterocycles. The SMILES string of the molecule is CC1(C)OB(c2cc(NC(=O)NC3CC3)cc(C(F)(F)F)c2)OC1(C)C. The number of urea groups is 1. The second kappa shape index (κ2) is 6.16. The van der Waals surface area contributed by atoms with Gasteiger partial charge >= 0.3 is 19.3 Å². The van der Waals surface area contributed by atoms with Crippen LogP contribution in [0.15, 0.2) is 18.2 Å². The summed E-state index contributed by atoms with van der Waals surface area (Å²) < 4.78 is 51.5. The van der Waals surface area contributed by atoms with Gasteiger partial charge in [0, 0.05) is 11.7 Å². The molecule has 0 radical (unpaired) electrons. The maximum absolute atomic E-state index is 13.3. The van der Waals surface area contributed by atoms with Gasteiger partial charge in [-0.15, -0.1) is 0 Å². The highest BCUT2D eigenvalue weighted by Gasteiger charge is 2.52. The normalized spacial score (nSPS) is 21.6. The van der Waals surface area contributed by atoms with Crippen molar-refractivity contribution in [3.05, 3.63) is 23.8 Å². The number of carbonyl (C=O) groups is 1. The van der Waals surface area contributed by atoms with Gasteiger partial charge in [-0.1, -0.05) is 6.07 Å². The van der Waals surface area contributed by atoms with Crippen LogP contribution < -0.4 is 16.1 Å². The third-order valence-electron chi connectivity index (χ3n) is 4.98. The van der Waals surface area contributed by atoms with Crippen molar-refractivity contribution in [1.29, 1.82) is 0 Å². The number of hydrogen-bond acceptors (Lipinski definition) is 3. The van der Waals surface area contributed by atoms with Gasteiger partial charge in [0.15, 0.2) is 0 Å². The van der Waals surface area contributed by atoms with Gasteiger partial charge in [-0.3, -0.25) is 0 Å². The molecule has 1 heterocycles. The van der Waals surface area contributed by atoms with E-state index in [4.69, 9.17) is 9.31 Å². The van der Waals surface area contributed by atoms with Crippen molar-refractivity contribution in [2.24, 2.45) is 0 Å². The van der Waals surface area contributed by atoms with Gasteiger partial charge in [0.1, 0.15) is 0 Å². The molecule has 142 valence electrons. The maximum atomic E-state index is 13.3. The lowest BCUT2D eigenvalue weighted by atomic mass is 9.78. The second-order valence-corrected chi connectivity index (χ2v) is 7.80. The van der Waals surface area contributed by atoms with Gasteiger partial charge in [-0.2, -0.15) is 13.2 Å². The average molecular weight is 370 g/mol. The number of alkyl halides is 3. The number of amides is 2. The number of rotatable bonds is 3. The van der Waals surface area contributed by atoms with Crippen LogP contribution in [0, 0.1) is 0 Å². The molecule has 9 heteroatoms. The molecule has 1 aromatic carbocycles. The minimum Gasteiger partial charge on any atom is -0.399 e. The number of nitrogens with one attached hydrogen (secondary N) is 2. The van der Waals surface area contributed by atoms with Crippen LogP contribution in [0.2, 0.25) is 0 Å². The predicted octanol–water partition coefficient (Wildman–Crippen LogP) is 3.29. The lowest BCUT2D eigenvalue weighted by Crippen LogP contribution is -2.41. The molecular weight excluding hydrogens is 348 g/mol. The van der Waals surface area contributed by atoms with Gasteiger partial charge in [0.2, 0.25) is 0 Å². The molecule has 0 bridgehead atoms. The Bertz CT molecular complexity index is 702. The van der Waals surface area contributed by atoms with Crippen molar-refractivity contribution < 1.29 is 27.3 Å². The lowest BCUT2D eigenvalue weighted by Gasteiger charge is -2.32. The molecule has 1 saturated carbocycles. The minimum atomic E-state index is -4.55. The highest BCUT2D eigenvalue weighted by Crippen LogP contribution is 2.37. The number of carbonyl (C=O) groups excluding carboxylic acids is 1. The molecule has 1 aromatic rings. The summed E-state index contributed by atoms with van der Waals surface area (Å²) in [5.74, 6) is 0. The topological polar surface area (TPSA) is 59.6 Å². The molecule has 2 aliphatic rings. The van der Waals surface area contributed by atoms with E-state index in [9.17, 15) is 18.0 Å². The fourth-order valence-electron chi connectivity index (χ4n) is 2.58. The zero-order valence-corrected chi connectivity index (χ0v) is 15.2. The molecule has 2 fully saturated rings. The summed E-state index contributed by atoms with van der Waals surface area (Å²) in [4.78, 5) is 11.9. The van der Waals surface area contributed by atoms with E-state index in [0.29, 0.717) is 0 Å². The van der Waals surface area contributed by atoms with E-state index in [1.165, 1.54) is 6.07 Å². The molecule has 2 amide bonds. The van der Waals surface area contributed by atoms with Crippen LogP contribution in [0.3, 0.4) is 0 Å². The molecule has 0 unspecified atom stereocenters. The smallest absolute Gasteiger partial charge is 0.399 e. The number of hydrogen-bond donors (Lipinski definition) is 2.